The molecule has 320 valence electrons. The largest absolute Gasteiger partial charge is 0.394 e. The van der Waals surface area contributed by atoms with E-state index >= 15 is 0 Å². The van der Waals surface area contributed by atoms with Crippen LogP contribution < -0.4 is 5.32 Å². The Morgan fingerprint density at radius 1 is 0.630 bits per heavy atom. The summed E-state index contributed by atoms with van der Waals surface area (Å²) < 4.78 is 11.0. The van der Waals surface area contributed by atoms with E-state index in [9.17, 15) is 40.5 Å². The number of rotatable bonds is 36. The van der Waals surface area contributed by atoms with Crippen LogP contribution in [-0.2, 0) is 14.3 Å². The highest BCUT2D eigenvalue weighted by Gasteiger charge is 2.44. The number of ether oxygens (including phenoxy) is 2. The van der Waals surface area contributed by atoms with Crippen molar-refractivity contribution in [2.75, 3.05) is 13.2 Å². The first kappa shape index (κ1) is 50.9. The quantitative estimate of drug-likeness (QED) is 0.0258. The van der Waals surface area contributed by atoms with Crippen molar-refractivity contribution in [1.29, 1.82) is 0 Å². The molecule has 9 unspecified atom stereocenters. The van der Waals surface area contributed by atoms with Crippen LogP contribution in [0.4, 0.5) is 0 Å². The molecule has 1 fully saturated rings. The van der Waals surface area contributed by atoms with E-state index in [0.29, 0.717) is 12.8 Å². The molecule has 0 radical (unpaired) electrons. The monoisotopic (exact) mass is 774 g/mol. The summed E-state index contributed by atoms with van der Waals surface area (Å²) in [5.74, 6) is -0.706. The van der Waals surface area contributed by atoms with Gasteiger partial charge in [0.15, 0.2) is 6.29 Å². The molecule has 1 heterocycles. The van der Waals surface area contributed by atoms with Crippen molar-refractivity contribution in [3.05, 3.63) is 12.2 Å². The number of unbranched alkanes of at least 4 members (excludes halogenated alkanes) is 22. The van der Waals surface area contributed by atoms with E-state index in [1.807, 2.05) is 0 Å². The summed E-state index contributed by atoms with van der Waals surface area (Å²) >= 11 is 0. The van der Waals surface area contributed by atoms with E-state index in [0.717, 1.165) is 38.5 Å². The summed E-state index contributed by atoms with van der Waals surface area (Å²) in [6, 6.07) is -1.18. The Labute approximate surface area is 328 Å². The summed E-state index contributed by atoms with van der Waals surface area (Å²) in [5, 5.41) is 75.3. The van der Waals surface area contributed by atoms with E-state index < -0.39 is 74.2 Å². The highest BCUT2D eigenvalue weighted by molar-refractivity contribution is 5.80. The van der Waals surface area contributed by atoms with Gasteiger partial charge in [-0.15, -0.1) is 0 Å². The van der Waals surface area contributed by atoms with Gasteiger partial charge in [0, 0.05) is 0 Å². The van der Waals surface area contributed by atoms with Gasteiger partial charge in [0.2, 0.25) is 5.91 Å². The fourth-order valence-electron chi connectivity index (χ4n) is 7.09. The van der Waals surface area contributed by atoms with Gasteiger partial charge in [-0.2, -0.15) is 0 Å². The SMILES string of the molecule is CCCCCCC/C=C/CCCC(O)C(O)C(COC1OC(CO)C(O)C(O)C1O)NC(=O)C(O)CCCCCCCCCCCCCCCCCCC. The normalized spacial score (nSPS) is 22.7. The van der Waals surface area contributed by atoms with Crippen LogP contribution in [-0.4, -0.2) is 110 Å². The first-order chi connectivity index (χ1) is 26.2. The molecule has 9 atom stereocenters. The lowest BCUT2D eigenvalue weighted by Gasteiger charge is -2.40. The van der Waals surface area contributed by atoms with Crippen molar-refractivity contribution in [1.82, 2.24) is 5.32 Å². The number of nitrogens with one attached hydrogen (secondary N) is 1. The number of aliphatic hydroxyl groups excluding tert-OH is 7. The molecule has 0 aromatic rings. The minimum atomic E-state index is -1.66. The summed E-state index contributed by atoms with van der Waals surface area (Å²) in [4.78, 5) is 13.0. The average Bonchev–Trinajstić information content (AvgIpc) is 3.17. The van der Waals surface area contributed by atoms with Crippen molar-refractivity contribution in [3.8, 4) is 0 Å². The van der Waals surface area contributed by atoms with Gasteiger partial charge in [0.25, 0.3) is 0 Å². The van der Waals surface area contributed by atoms with Crippen LogP contribution in [0.3, 0.4) is 0 Å². The zero-order chi connectivity index (χ0) is 39.8. The second-order valence-electron chi connectivity index (χ2n) is 15.8. The third-order valence-electron chi connectivity index (χ3n) is 10.8. The van der Waals surface area contributed by atoms with Gasteiger partial charge in [-0.1, -0.05) is 161 Å². The van der Waals surface area contributed by atoms with Crippen molar-refractivity contribution >= 4 is 5.91 Å². The summed E-state index contributed by atoms with van der Waals surface area (Å²) in [7, 11) is 0. The molecular weight excluding hydrogens is 690 g/mol. The lowest BCUT2D eigenvalue weighted by molar-refractivity contribution is -0.303. The molecule has 11 heteroatoms. The number of hydrogen-bond donors (Lipinski definition) is 8. The second-order valence-corrected chi connectivity index (χ2v) is 15.8. The van der Waals surface area contributed by atoms with Gasteiger partial charge < -0.3 is 50.5 Å². The minimum absolute atomic E-state index is 0.258. The molecule has 1 aliphatic rings. The third-order valence-corrected chi connectivity index (χ3v) is 10.8. The molecule has 0 aromatic heterocycles. The summed E-state index contributed by atoms with van der Waals surface area (Å²) in [6.07, 6.45) is 22.8. The van der Waals surface area contributed by atoms with Crippen LogP contribution in [0.15, 0.2) is 12.2 Å². The van der Waals surface area contributed by atoms with Crippen LogP contribution >= 0.6 is 0 Å². The fourth-order valence-corrected chi connectivity index (χ4v) is 7.09. The van der Waals surface area contributed by atoms with Crippen molar-refractivity contribution in [2.45, 2.75) is 242 Å². The number of amides is 1. The fraction of sp³-hybridized carbons (Fsp3) is 0.930. The van der Waals surface area contributed by atoms with Gasteiger partial charge in [0.1, 0.15) is 36.6 Å². The van der Waals surface area contributed by atoms with Gasteiger partial charge in [-0.05, 0) is 38.5 Å². The molecule has 54 heavy (non-hydrogen) atoms. The molecule has 0 saturated carbocycles. The highest BCUT2D eigenvalue weighted by atomic mass is 16.7. The molecule has 0 aliphatic carbocycles. The molecule has 0 spiro atoms. The predicted octanol–water partition coefficient (Wildman–Crippen LogP) is 6.50. The van der Waals surface area contributed by atoms with Crippen LogP contribution in [0.25, 0.3) is 0 Å². The van der Waals surface area contributed by atoms with E-state index in [2.05, 4.69) is 31.3 Å². The van der Waals surface area contributed by atoms with Crippen molar-refractivity contribution in [2.24, 2.45) is 0 Å². The maximum Gasteiger partial charge on any atom is 0.249 e. The number of aliphatic hydroxyl groups is 7. The Hall–Kier alpha value is -1.15. The van der Waals surface area contributed by atoms with Crippen molar-refractivity contribution < 1.29 is 50.0 Å². The topological polar surface area (TPSA) is 189 Å². The maximum absolute atomic E-state index is 13.0. The smallest absolute Gasteiger partial charge is 0.249 e. The van der Waals surface area contributed by atoms with Gasteiger partial charge in [-0.3, -0.25) is 4.79 Å². The molecule has 0 aromatic carbocycles. The Balaban J connectivity index is 2.46. The molecule has 1 rings (SSSR count). The van der Waals surface area contributed by atoms with Crippen LogP contribution in [0, 0.1) is 0 Å². The molecule has 1 amide bonds. The first-order valence-corrected chi connectivity index (χ1v) is 22.1. The zero-order valence-corrected chi connectivity index (χ0v) is 34.2. The molecule has 1 saturated heterocycles. The molecular formula is C43H83NO10. The van der Waals surface area contributed by atoms with Gasteiger partial charge in [0.05, 0.1) is 25.4 Å². The Morgan fingerprint density at radius 2 is 1.09 bits per heavy atom. The number of carbonyl (C=O) groups is 1. The Bertz CT molecular complexity index is 892. The van der Waals surface area contributed by atoms with Crippen LogP contribution in [0.1, 0.15) is 187 Å². The lowest BCUT2D eigenvalue weighted by atomic mass is 9.98. The highest BCUT2D eigenvalue weighted by Crippen LogP contribution is 2.23. The third kappa shape index (κ3) is 23.8. The van der Waals surface area contributed by atoms with E-state index in [1.165, 1.54) is 109 Å². The summed E-state index contributed by atoms with van der Waals surface area (Å²) in [6.45, 7) is 3.39. The Morgan fingerprint density at radius 3 is 1.59 bits per heavy atom. The molecule has 11 nitrogen and oxygen atoms in total. The van der Waals surface area contributed by atoms with E-state index in [4.69, 9.17) is 9.47 Å². The summed E-state index contributed by atoms with van der Waals surface area (Å²) in [5.41, 5.74) is 0. The molecule has 0 bridgehead atoms. The predicted molar refractivity (Wildman–Crippen MR) is 215 cm³/mol. The van der Waals surface area contributed by atoms with Gasteiger partial charge >= 0.3 is 0 Å². The number of allylic oxidation sites excluding steroid dienone is 2. The standard InChI is InChI=1S/C43H83NO10/c1-3-5-7-9-11-13-15-16-17-18-19-20-21-23-25-27-29-31-36(47)42(52)44-34(33-53-43-41(51)40(50)39(49)37(32-45)54-43)38(48)35(46)30-28-26-24-22-14-12-10-8-6-4-2/h22,24,34-41,43,45-51H,3-21,23,25-33H2,1-2H3,(H,44,52)/b24-22+. The van der Waals surface area contributed by atoms with Crippen LogP contribution in [0.2, 0.25) is 0 Å². The van der Waals surface area contributed by atoms with E-state index in [1.54, 1.807) is 0 Å². The lowest BCUT2D eigenvalue weighted by Crippen LogP contribution is -2.60. The number of carbonyl (C=O) groups excluding carboxylic acids is 1. The maximum atomic E-state index is 13.0. The van der Waals surface area contributed by atoms with E-state index in [-0.39, 0.29) is 12.8 Å². The average molecular weight is 774 g/mol. The minimum Gasteiger partial charge on any atom is -0.394 e. The van der Waals surface area contributed by atoms with Crippen LogP contribution in [0.5, 0.6) is 0 Å². The number of hydrogen-bond acceptors (Lipinski definition) is 10. The Kier molecular flexibility index (Phi) is 32.0. The second kappa shape index (κ2) is 33.9. The zero-order valence-electron chi connectivity index (χ0n) is 34.2. The van der Waals surface area contributed by atoms with Crippen molar-refractivity contribution in [3.63, 3.8) is 0 Å². The molecule has 1 aliphatic heterocycles. The van der Waals surface area contributed by atoms with Gasteiger partial charge in [-0.25, -0.2) is 0 Å². The first-order valence-electron chi connectivity index (χ1n) is 22.1. The molecule has 8 N–H and O–H groups in total.